The average molecular weight is 467 g/mol. The lowest BCUT2D eigenvalue weighted by atomic mass is 9.97. The Morgan fingerprint density at radius 2 is 1.94 bits per heavy atom. The van der Waals surface area contributed by atoms with Crippen LogP contribution in [0.1, 0.15) is 25.7 Å². The lowest BCUT2D eigenvalue weighted by Gasteiger charge is -2.30. The van der Waals surface area contributed by atoms with Gasteiger partial charge in [0.1, 0.15) is 5.75 Å². The van der Waals surface area contributed by atoms with Crippen molar-refractivity contribution >= 4 is 11.6 Å². The number of piperidine rings is 1. The van der Waals surface area contributed by atoms with Gasteiger partial charge in [0.15, 0.2) is 11.5 Å². The van der Waals surface area contributed by atoms with Gasteiger partial charge in [-0.15, -0.1) is 0 Å². The zero-order chi connectivity index (χ0) is 23.9. The normalized spacial score (nSPS) is 16.1. The summed E-state index contributed by atoms with van der Waals surface area (Å²) in [5.74, 6) is 2.94. The van der Waals surface area contributed by atoms with Crippen LogP contribution in [0.5, 0.6) is 17.2 Å². The van der Waals surface area contributed by atoms with E-state index in [4.69, 9.17) is 18.7 Å². The van der Waals surface area contributed by atoms with Gasteiger partial charge >= 0.3 is 0 Å². The van der Waals surface area contributed by atoms with Crippen LogP contribution >= 0.6 is 0 Å². The Balaban J connectivity index is 1.35. The number of amides is 1. The highest BCUT2D eigenvalue weighted by Gasteiger charge is 2.27. The molecule has 1 aliphatic heterocycles. The summed E-state index contributed by atoms with van der Waals surface area (Å²) in [6.07, 6.45) is 1.78. The van der Waals surface area contributed by atoms with Gasteiger partial charge in [-0.25, -0.2) is 0 Å². The highest BCUT2D eigenvalue weighted by atomic mass is 16.5. The molecule has 1 atom stereocenters. The van der Waals surface area contributed by atoms with E-state index in [2.05, 4.69) is 20.4 Å². The standard InChI is InChI=1S/C25H30N4O5/c1-4-33-20-10-8-19(9-11-20)26-25(30)18-6-5-13-29(15-18)16-23-27-24(28-34-23)17-7-12-21(31-2)22(14-17)32-3/h7-12,14,18H,4-6,13,15-16H2,1-3H3,(H,26,30). The van der Waals surface area contributed by atoms with Gasteiger partial charge in [0.2, 0.25) is 17.6 Å². The maximum absolute atomic E-state index is 12.8. The van der Waals surface area contributed by atoms with Crippen molar-refractivity contribution < 1.29 is 23.5 Å². The SMILES string of the molecule is CCOc1ccc(NC(=O)C2CCCN(Cc3nc(-c4ccc(OC)c(OC)c4)no3)C2)cc1. The Morgan fingerprint density at radius 1 is 1.15 bits per heavy atom. The zero-order valence-electron chi connectivity index (χ0n) is 19.7. The molecular weight excluding hydrogens is 436 g/mol. The Hall–Kier alpha value is -3.59. The first kappa shape index (κ1) is 23.6. The second-order valence-electron chi connectivity index (χ2n) is 8.10. The van der Waals surface area contributed by atoms with Crippen LogP contribution in [-0.2, 0) is 11.3 Å². The lowest BCUT2D eigenvalue weighted by Crippen LogP contribution is -2.40. The fourth-order valence-corrected chi connectivity index (χ4v) is 4.06. The minimum Gasteiger partial charge on any atom is -0.494 e. The zero-order valence-corrected chi connectivity index (χ0v) is 19.7. The molecule has 1 unspecified atom stereocenters. The molecule has 1 fully saturated rings. The van der Waals surface area contributed by atoms with Gasteiger partial charge in [-0.3, -0.25) is 9.69 Å². The smallest absolute Gasteiger partial charge is 0.241 e. The third kappa shape index (κ3) is 5.66. The number of nitrogens with zero attached hydrogens (tertiary/aromatic N) is 3. The molecule has 180 valence electrons. The van der Waals surface area contributed by atoms with Crippen LogP contribution in [0, 0.1) is 5.92 Å². The van der Waals surface area contributed by atoms with Crippen molar-refractivity contribution in [3.05, 3.63) is 48.4 Å². The Kier molecular flexibility index (Phi) is 7.64. The summed E-state index contributed by atoms with van der Waals surface area (Å²) in [5, 5.41) is 7.13. The summed E-state index contributed by atoms with van der Waals surface area (Å²) in [6.45, 7) is 4.56. The number of nitrogens with one attached hydrogen (secondary N) is 1. The van der Waals surface area contributed by atoms with E-state index in [1.54, 1.807) is 14.2 Å². The molecule has 0 bridgehead atoms. The van der Waals surface area contributed by atoms with Crippen molar-refractivity contribution in [2.75, 3.05) is 39.2 Å². The number of ether oxygens (including phenoxy) is 3. The van der Waals surface area contributed by atoms with Gasteiger partial charge in [0, 0.05) is 17.8 Å². The van der Waals surface area contributed by atoms with Crippen molar-refractivity contribution in [3.8, 4) is 28.6 Å². The first-order chi connectivity index (χ1) is 16.6. The highest BCUT2D eigenvalue weighted by Crippen LogP contribution is 2.31. The Morgan fingerprint density at radius 3 is 2.68 bits per heavy atom. The lowest BCUT2D eigenvalue weighted by molar-refractivity contribution is -0.121. The van der Waals surface area contributed by atoms with E-state index in [-0.39, 0.29) is 11.8 Å². The van der Waals surface area contributed by atoms with Crippen LogP contribution in [0.25, 0.3) is 11.4 Å². The first-order valence-corrected chi connectivity index (χ1v) is 11.4. The summed E-state index contributed by atoms with van der Waals surface area (Å²) in [5.41, 5.74) is 1.54. The third-order valence-electron chi connectivity index (χ3n) is 5.78. The molecular formula is C25H30N4O5. The number of aromatic nitrogens is 2. The maximum Gasteiger partial charge on any atom is 0.241 e. The Labute approximate surface area is 199 Å². The number of rotatable bonds is 9. The second kappa shape index (κ2) is 11.0. The average Bonchev–Trinajstić information content (AvgIpc) is 3.33. The van der Waals surface area contributed by atoms with E-state index >= 15 is 0 Å². The number of carbonyl (C=O) groups excluding carboxylic acids is 1. The minimum atomic E-state index is -0.103. The third-order valence-corrected chi connectivity index (χ3v) is 5.78. The molecule has 1 amide bonds. The molecule has 1 N–H and O–H groups in total. The molecule has 0 aliphatic carbocycles. The van der Waals surface area contributed by atoms with Crippen LogP contribution in [-0.4, -0.2) is 54.9 Å². The number of carbonyl (C=O) groups is 1. The van der Waals surface area contributed by atoms with Gasteiger partial charge < -0.3 is 24.1 Å². The van der Waals surface area contributed by atoms with E-state index in [0.717, 1.165) is 36.4 Å². The summed E-state index contributed by atoms with van der Waals surface area (Å²) in [7, 11) is 3.18. The van der Waals surface area contributed by atoms with E-state index < -0.39 is 0 Å². The molecule has 4 rings (SSSR count). The van der Waals surface area contributed by atoms with Crippen LogP contribution in [0.4, 0.5) is 5.69 Å². The number of likely N-dealkylation sites (tertiary alicyclic amines) is 1. The number of anilines is 1. The quantitative estimate of drug-likeness (QED) is 0.505. The van der Waals surface area contributed by atoms with Gasteiger partial charge in [-0.2, -0.15) is 4.98 Å². The van der Waals surface area contributed by atoms with Crippen molar-refractivity contribution in [2.24, 2.45) is 5.92 Å². The molecule has 2 heterocycles. The molecule has 9 heteroatoms. The second-order valence-corrected chi connectivity index (χ2v) is 8.10. The molecule has 0 radical (unpaired) electrons. The molecule has 1 aromatic heterocycles. The number of benzene rings is 2. The topological polar surface area (TPSA) is 99.0 Å². The van der Waals surface area contributed by atoms with Crippen LogP contribution in [0.2, 0.25) is 0 Å². The largest absolute Gasteiger partial charge is 0.494 e. The van der Waals surface area contributed by atoms with Crippen LogP contribution < -0.4 is 19.5 Å². The number of methoxy groups -OCH3 is 2. The molecule has 1 aliphatic rings. The predicted molar refractivity (Wildman–Crippen MR) is 127 cm³/mol. The van der Waals surface area contributed by atoms with Crippen LogP contribution in [0.15, 0.2) is 47.0 Å². The van der Waals surface area contributed by atoms with Gasteiger partial charge in [0.05, 0.1) is 33.3 Å². The van der Waals surface area contributed by atoms with Crippen molar-refractivity contribution in [1.82, 2.24) is 15.0 Å². The Bertz CT molecular complexity index is 1100. The number of hydrogen-bond acceptors (Lipinski definition) is 8. The molecule has 3 aromatic rings. The van der Waals surface area contributed by atoms with E-state index in [0.29, 0.717) is 42.9 Å². The molecule has 0 spiro atoms. The number of hydrogen-bond donors (Lipinski definition) is 1. The molecule has 0 saturated carbocycles. The fourth-order valence-electron chi connectivity index (χ4n) is 4.06. The fraction of sp³-hybridized carbons (Fsp3) is 0.400. The van der Waals surface area contributed by atoms with E-state index in [1.807, 2.05) is 49.4 Å². The highest BCUT2D eigenvalue weighted by molar-refractivity contribution is 5.92. The van der Waals surface area contributed by atoms with Crippen molar-refractivity contribution in [1.29, 1.82) is 0 Å². The summed E-state index contributed by atoms with van der Waals surface area (Å²) < 4.78 is 21.6. The monoisotopic (exact) mass is 466 g/mol. The molecule has 1 saturated heterocycles. The van der Waals surface area contributed by atoms with Crippen molar-refractivity contribution in [2.45, 2.75) is 26.3 Å². The van der Waals surface area contributed by atoms with Gasteiger partial charge in [0.25, 0.3) is 0 Å². The summed E-state index contributed by atoms with van der Waals surface area (Å²) >= 11 is 0. The summed E-state index contributed by atoms with van der Waals surface area (Å²) in [6, 6.07) is 12.9. The molecule has 2 aromatic carbocycles. The maximum atomic E-state index is 12.8. The van der Waals surface area contributed by atoms with E-state index in [1.165, 1.54) is 0 Å². The summed E-state index contributed by atoms with van der Waals surface area (Å²) in [4.78, 5) is 19.6. The first-order valence-electron chi connectivity index (χ1n) is 11.4. The predicted octanol–water partition coefficient (Wildman–Crippen LogP) is 4.00. The van der Waals surface area contributed by atoms with Crippen LogP contribution in [0.3, 0.4) is 0 Å². The minimum absolute atomic E-state index is 0.0189. The van der Waals surface area contributed by atoms with Crippen molar-refractivity contribution in [3.63, 3.8) is 0 Å². The van der Waals surface area contributed by atoms with Gasteiger partial charge in [-0.05, 0) is 68.8 Å². The van der Waals surface area contributed by atoms with Gasteiger partial charge in [-0.1, -0.05) is 5.16 Å². The molecule has 9 nitrogen and oxygen atoms in total. The molecule has 34 heavy (non-hydrogen) atoms. The van der Waals surface area contributed by atoms with E-state index in [9.17, 15) is 4.79 Å².